The molecule has 1 N–H and O–H groups in total. The summed E-state index contributed by atoms with van der Waals surface area (Å²) >= 11 is 1.35. The molecule has 1 amide bonds. The maximum atomic E-state index is 12.1. The highest BCUT2D eigenvalue weighted by atomic mass is 32.2. The normalized spacial score (nSPS) is 17.4. The second kappa shape index (κ2) is 6.93. The number of thioether (sulfide) groups is 1. The molecule has 1 fully saturated rings. The minimum absolute atomic E-state index is 0.125. The largest absolute Gasteiger partial charge is 0.497 e. The summed E-state index contributed by atoms with van der Waals surface area (Å²) in [6.07, 6.45) is 1.85. The third-order valence-electron chi connectivity index (χ3n) is 3.65. The zero-order chi connectivity index (χ0) is 17.1. The van der Waals surface area contributed by atoms with Crippen LogP contribution in [-0.4, -0.2) is 18.2 Å². The molecular weight excluding hydrogens is 320 g/mol. The Hall–Kier alpha value is -2.53. The molecule has 5 heteroatoms. The Bertz CT molecular complexity index is 839. The molecule has 0 atom stereocenters. The van der Waals surface area contributed by atoms with E-state index in [-0.39, 0.29) is 5.91 Å². The van der Waals surface area contributed by atoms with Gasteiger partial charge in [-0.3, -0.25) is 4.79 Å². The van der Waals surface area contributed by atoms with Crippen LogP contribution in [0, 0.1) is 13.8 Å². The highest BCUT2D eigenvalue weighted by Gasteiger charge is 2.23. The molecule has 1 aliphatic heterocycles. The predicted molar refractivity (Wildman–Crippen MR) is 99.7 cm³/mol. The molecule has 4 nitrogen and oxygen atoms in total. The summed E-state index contributed by atoms with van der Waals surface area (Å²) in [5.41, 5.74) is 4.05. The molecule has 0 radical (unpaired) electrons. The lowest BCUT2D eigenvalue weighted by atomic mass is 10.1. The smallest absolute Gasteiger partial charge is 0.264 e. The quantitative estimate of drug-likeness (QED) is 0.853. The van der Waals surface area contributed by atoms with Crippen molar-refractivity contribution in [3.63, 3.8) is 0 Å². The second-order valence-corrected chi connectivity index (χ2v) is 6.58. The van der Waals surface area contributed by atoms with Gasteiger partial charge in [-0.05, 0) is 66.6 Å². The molecular formula is C19H18N2O2S. The Morgan fingerprint density at radius 1 is 1.12 bits per heavy atom. The average molecular weight is 338 g/mol. The fraction of sp³-hybridized carbons (Fsp3) is 0.158. The Labute approximate surface area is 145 Å². The molecule has 0 spiro atoms. The Kier molecular flexibility index (Phi) is 4.71. The van der Waals surface area contributed by atoms with Crippen LogP contribution >= 0.6 is 11.8 Å². The minimum atomic E-state index is -0.125. The predicted octanol–water partition coefficient (Wildman–Crippen LogP) is 4.20. The number of hydrogen-bond donors (Lipinski definition) is 1. The third-order valence-corrected chi connectivity index (χ3v) is 4.56. The Morgan fingerprint density at radius 3 is 2.58 bits per heavy atom. The molecule has 3 rings (SSSR count). The number of methoxy groups -OCH3 is 1. The summed E-state index contributed by atoms with van der Waals surface area (Å²) in [5.74, 6) is 0.665. The third kappa shape index (κ3) is 3.68. The summed E-state index contributed by atoms with van der Waals surface area (Å²) in [7, 11) is 1.63. The molecule has 0 aliphatic carbocycles. The number of hydrogen-bond acceptors (Lipinski definition) is 4. The van der Waals surface area contributed by atoms with E-state index >= 15 is 0 Å². The molecule has 0 bridgehead atoms. The number of nitrogens with zero attached hydrogens (tertiary/aromatic N) is 1. The zero-order valence-electron chi connectivity index (χ0n) is 13.8. The van der Waals surface area contributed by atoms with Crippen molar-refractivity contribution in [2.75, 3.05) is 7.11 Å². The van der Waals surface area contributed by atoms with Crippen LogP contribution in [0.3, 0.4) is 0 Å². The number of aliphatic imine (C=N–C) groups is 1. The van der Waals surface area contributed by atoms with Crippen molar-refractivity contribution in [2.45, 2.75) is 13.8 Å². The van der Waals surface area contributed by atoms with E-state index in [2.05, 4.69) is 16.4 Å². The standard InChI is InChI=1S/C19H18N2O2S/c1-12-4-5-13(2)16(10-12)20-19-21-18(22)17(24-19)11-14-6-8-15(23-3)9-7-14/h4-11H,1-3H3,(H,20,21,22)/b17-11+. The van der Waals surface area contributed by atoms with E-state index < -0.39 is 0 Å². The van der Waals surface area contributed by atoms with Crippen LogP contribution in [0.25, 0.3) is 6.08 Å². The number of amides is 1. The van der Waals surface area contributed by atoms with E-state index in [4.69, 9.17) is 4.74 Å². The summed E-state index contributed by atoms with van der Waals surface area (Å²) in [6.45, 7) is 4.03. The zero-order valence-corrected chi connectivity index (χ0v) is 14.6. The van der Waals surface area contributed by atoms with Crippen molar-refractivity contribution in [1.82, 2.24) is 5.32 Å². The maximum absolute atomic E-state index is 12.1. The van der Waals surface area contributed by atoms with Gasteiger partial charge in [0.05, 0.1) is 17.7 Å². The molecule has 24 heavy (non-hydrogen) atoms. The minimum Gasteiger partial charge on any atom is -0.497 e. The van der Waals surface area contributed by atoms with Crippen LogP contribution in [-0.2, 0) is 4.79 Å². The Morgan fingerprint density at radius 2 is 1.88 bits per heavy atom. The van der Waals surface area contributed by atoms with Crippen molar-refractivity contribution >= 4 is 34.6 Å². The van der Waals surface area contributed by atoms with Crippen LogP contribution in [0.15, 0.2) is 52.4 Å². The lowest BCUT2D eigenvalue weighted by Crippen LogP contribution is -2.19. The highest BCUT2D eigenvalue weighted by molar-refractivity contribution is 8.18. The van der Waals surface area contributed by atoms with Gasteiger partial charge >= 0.3 is 0 Å². The molecule has 1 aliphatic rings. The molecule has 0 aromatic heterocycles. The van der Waals surface area contributed by atoms with E-state index in [9.17, 15) is 4.79 Å². The van der Waals surface area contributed by atoms with Crippen LogP contribution in [0.5, 0.6) is 5.75 Å². The summed E-state index contributed by atoms with van der Waals surface area (Å²) in [4.78, 5) is 17.4. The van der Waals surface area contributed by atoms with Gasteiger partial charge < -0.3 is 10.1 Å². The summed E-state index contributed by atoms with van der Waals surface area (Å²) in [6, 6.07) is 13.7. The molecule has 0 saturated carbocycles. The van der Waals surface area contributed by atoms with Crippen LogP contribution < -0.4 is 10.1 Å². The van der Waals surface area contributed by atoms with Gasteiger partial charge in [0, 0.05) is 0 Å². The van der Waals surface area contributed by atoms with Gasteiger partial charge in [-0.2, -0.15) is 0 Å². The Balaban J connectivity index is 1.83. The van der Waals surface area contributed by atoms with Crippen LogP contribution in [0.1, 0.15) is 16.7 Å². The lowest BCUT2D eigenvalue weighted by molar-refractivity contribution is -0.115. The summed E-state index contributed by atoms with van der Waals surface area (Å²) in [5, 5.41) is 3.43. The van der Waals surface area contributed by atoms with Crippen LogP contribution in [0.2, 0.25) is 0 Å². The summed E-state index contributed by atoms with van der Waals surface area (Å²) < 4.78 is 5.14. The number of rotatable bonds is 3. The van der Waals surface area contributed by atoms with E-state index in [1.165, 1.54) is 11.8 Å². The first-order chi connectivity index (χ1) is 11.5. The molecule has 1 heterocycles. The maximum Gasteiger partial charge on any atom is 0.264 e. The van der Waals surface area contributed by atoms with E-state index in [0.29, 0.717) is 10.1 Å². The average Bonchev–Trinajstić information content (AvgIpc) is 2.91. The van der Waals surface area contributed by atoms with E-state index in [1.807, 2.05) is 56.3 Å². The van der Waals surface area contributed by atoms with Crippen molar-refractivity contribution in [3.05, 3.63) is 64.1 Å². The molecule has 0 unspecified atom stereocenters. The number of aryl methyl sites for hydroxylation is 2. The number of carbonyl (C=O) groups excluding carboxylic acids is 1. The lowest BCUT2D eigenvalue weighted by Gasteiger charge is -2.02. The van der Waals surface area contributed by atoms with Gasteiger partial charge in [0.2, 0.25) is 0 Å². The van der Waals surface area contributed by atoms with Gasteiger partial charge in [-0.15, -0.1) is 0 Å². The van der Waals surface area contributed by atoms with Crippen LogP contribution in [0.4, 0.5) is 5.69 Å². The SMILES string of the molecule is COc1ccc(/C=C2/SC(=Nc3cc(C)ccc3C)NC2=O)cc1. The fourth-order valence-electron chi connectivity index (χ4n) is 2.28. The van der Waals surface area contributed by atoms with Gasteiger partial charge in [-0.1, -0.05) is 24.3 Å². The van der Waals surface area contributed by atoms with Gasteiger partial charge in [-0.25, -0.2) is 4.99 Å². The van der Waals surface area contributed by atoms with Crippen molar-refractivity contribution < 1.29 is 9.53 Å². The first-order valence-corrected chi connectivity index (χ1v) is 8.38. The second-order valence-electron chi connectivity index (χ2n) is 5.54. The van der Waals surface area contributed by atoms with Crippen molar-refractivity contribution in [2.24, 2.45) is 4.99 Å². The topological polar surface area (TPSA) is 50.7 Å². The van der Waals surface area contributed by atoms with Gasteiger partial charge in [0.25, 0.3) is 5.91 Å². The van der Waals surface area contributed by atoms with Crippen molar-refractivity contribution in [1.29, 1.82) is 0 Å². The van der Waals surface area contributed by atoms with Gasteiger partial charge in [0.15, 0.2) is 5.17 Å². The highest BCUT2D eigenvalue weighted by Crippen LogP contribution is 2.29. The first-order valence-electron chi connectivity index (χ1n) is 7.56. The monoisotopic (exact) mass is 338 g/mol. The number of nitrogens with one attached hydrogen (secondary N) is 1. The van der Waals surface area contributed by atoms with E-state index in [1.54, 1.807) is 7.11 Å². The molecule has 2 aromatic carbocycles. The molecule has 1 saturated heterocycles. The number of ether oxygens (including phenoxy) is 1. The van der Waals surface area contributed by atoms with Crippen molar-refractivity contribution in [3.8, 4) is 5.75 Å². The van der Waals surface area contributed by atoms with Gasteiger partial charge in [0.1, 0.15) is 5.75 Å². The number of amidine groups is 1. The molecule has 2 aromatic rings. The number of carbonyl (C=O) groups is 1. The first kappa shape index (κ1) is 16.3. The molecule has 122 valence electrons. The number of benzene rings is 2. The fourth-order valence-corrected chi connectivity index (χ4v) is 3.12. The van der Waals surface area contributed by atoms with E-state index in [0.717, 1.165) is 28.1 Å².